The largest absolute Gasteiger partial charge is 0.493 e. The van der Waals surface area contributed by atoms with Gasteiger partial charge in [0, 0.05) is 5.56 Å². The Morgan fingerprint density at radius 3 is 2.76 bits per heavy atom. The number of fused-ring (bicyclic) bond motifs is 3. The fraction of sp³-hybridized carbons (Fsp3) is 0.190. The Bertz CT molecular complexity index is 1370. The Morgan fingerprint density at radius 1 is 1.28 bits per heavy atom. The van der Waals surface area contributed by atoms with Crippen LogP contribution in [0.15, 0.2) is 35.1 Å². The minimum atomic E-state index is -1.10. The van der Waals surface area contributed by atoms with Gasteiger partial charge in [-0.3, -0.25) is 4.79 Å². The number of benzene rings is 2. The molecule has 0 aliphatic rings. The molecule has 0 aliphatic carbocycles. The maximum absolute atomic E-state index is 13.1. The van der Waals surface area contributed by atoms with Crippen LogP contribution in [0.3, 0.4) is 0 Å². The maximum Gasteiger partial charge on any atom is 0.341 e. The fourth-order valence-corrected chi connectivity index (χ4v) is 4.13. The van der Waals surface area contributed by atoms with Crippen molar-refractivity contribution in [2.45, 2.75) is 13.8 Å². The second kappa shape index (κ2) is 7.21. The molecule has 0 amide bonds. The number of aliphatic carboxylic acids is 1. The molecule has 148 valence electrons. The van der Waals surface area contributed by atoms with E-state index in [1.807, 2.05) is 26.0 Å². The number of ether oxygens (including phenoxy) is 2. The second-order valence-corrected chi connectivity index (χ2v) is 7.64. The number of aromatic nitrogens is 2. The van der Waals surface area contributed by atoms with Crippen LogP contribution in [0.5, 0.6) is 11.5 Å². The van der Waals surface area contributed by atoms with E-state index < -0.39 is 12.6 Å². The van der Waals surface area contributed by atoms with Gasteiger partial charge in [-0.05, 0) is 49.2 Å². The summed E-state index contributed by atoms with van der Waals surface area (Å²) in [6.45, 7) is 3.50. The topological polar surface area (TPSA) is 90.1 Å². The minimum Gasteiger partial charge on any atom is -0.493 e. The molecule has 4 rings (SSSR count). The first-order chi connectivity index (χ1) is 13.9. The number of rotatable bonds is 5. The van der Waals surface area contributed by atoms with Crippen LogP contribution in [0.4, 0.5) is 0 Å². The molecular formula is C21H18N2O5S. The standard InChI is InChI=1S/C21H18N2O5S/c1-11-7-14-15(8-12(11)2)23-20(26)17(29-21(23)22-14)9-13-5-4-6-16(27-3)19(13)28-10-18(24)25/h4-9H,10H2,1-3H3,(H,24,25). The Balaban J connectivity index is 1.91. The fourth-order valence-electron chi connectivity index (χ4n) is 3.16. The Kier molecular flexibility index (Phi) is 4.71. The van der Waals surface area contributed by atoms with E-state index in [4.69, 9.17) is 14.6 Å². The van der Waals surface area contributed by atoms with Gasteiger partial charge in [-0.2, -0.15) is 0 Å². The number of carbonyl (C=O) groups is 1. The van der Waals surface area contributed by atoms with Gasteiger partial charge in [0.2, 0.25) is 0 Å². The quantitative estimate of drug-likeness (QED) is 0.544. The molecule has 0 atom stereocenters. The average Bonchev–Trinajstić information content (AvgIpc) is 3.17. The zero-order valence-corrected chi connectivity index (χ0v) is 16.9. The number of para-hydroxylation sites is 1. The summed E-state index contributed by atoms with van der Waals surface area (Å²) in [7, 11) is 1.47. The number of nitrogens with zero attached hydrogens (tertiary/aromatic N) is 2. The lowest BCUT2D eigenvalue weighted by Gasteiger charge is -2.11. The van der Waals surface area contributed by atoms with Crippen LogP contribution in [0.2, 0.25) is 0 Å². The lowest BCUT2D eigenvalue weighted by atomic mass is 10.1. The number of methoxy groups -OCH3 is 1. The van der Waals surface area contributed by atoms with Crippen LogP contribution in [0.25, 0.3) is 22.1 Å². The summed E-state index contributed by atoms with van der Waals surface area (Å²) < 4.78 is 12.8. The van der Waals surface area contributed by atoms with Gasteiger partial charge in [-0.25, -0.2) is 14.2 Å². The number of hydrogen-bond donors (Lipinski definition) is 1. The normalized spacial score (nSPS) is 12.0. The Morgan fingerprint density at radius 2 is 2.03 bits per heavy atom. The number of carboxylic acids is 1. The predicted molar refractivity (Wildman–Crippen MR) is 111 cm³/mol. The molecule has 29 heavy (non-hydrogen) atoms. The van der Waals surface area contributed by atoms with Gasteiger partial charge in [0.25, 0.3) is 5.56 Å². The van der Waals surface area contributed by atoms with Gasteiger partial charge in [-0.15, -0.1) is 0 Å². The highest BCUT2D eigenvalue weighted by atomic mass is 32.1. The van der Waals surface area contributed by atoms with Crippen molar-refractivity contribution in [1.82, 2.24) is 9.38 Å². The van der Waals surface area contributed by atoms with Gasteiger partial charge in [0.1, 0.15) is 0 Å². The van der Waals surface area contributed by atoms with Crippen molar-refractivity contribution in [2.75, 3.05) is 13.7 Å². The van der Waals surface area contributed by atoms with Crippen molar-refractivity contribution < 1.29 is 19.4 Å². The van der Waals surface area contributed by atoms with Gasteiger partial charge >= 0.3 is 5.97 Å². The summed E-state index contributed by atoms with van der Waals surface area (Å²) in [4.78, 5) is 29.2. The Labute approximate surface area is 169 Å². The summed E-state index contributed by atoms with van der Waals surface area (Å²) in [5.74, 6) is -0.428. The zero-order valence-electron chi connectivity index (χ0n) is 16.1. The third-order valence-corrected chi connectivity index (χ3v) is 5.68. The molecular weight excluding hydrogens is 392 g/mol. The first-order valence-corrected chi connectivity index (χ1v) is 9.66. The Hall–Kier alpha value is -3.39. The minimum absolute atomic E-state index is 0.178. The van der Waals surface area contributed by atoms with Crippen LogP contribution in [-0.4, -0.2) is 34.2 Å². The molecule has 0 unspecified atom stereocenters. The van der Waals surface area contributed by atoms with E-state index in [2.05, 4.69) is 4.98 Å². The molecule has 1 N–H and O–H groups in total. The van der Waals surface area contributed by atoms with Crippen LogP contribution in [-0.2, 0) is 4.79 Å². The number of hydrogen-bond acceptors (Lipinski definition) is 6. The lowest BCUT2D eigenvalue weighted by molar-refractivity contribution is -0.139. The monoisotopic (exact) mass is 410 g/mol. The molecule has 2 aromatic heterocycles. The van der Waals surface area contributed by atoms with Crippen LogP contribution in [0, 0.1) is 13.8 Å². The molecule has 0 radical (unpaired) electrons. The van der Waals surface area contributed by atoms with Crippen LogP contribution in [0.1, 0.15) is 16.7 Å². The van der Waals surface area contributed by atoms with Crippen molar-refractivity contribution in [3.05, 3.63) is 61.9 Å². The van der Waals surface area contributed by atoms with E-state index in [0.29, 0.717) is 20.8 Å². The SMILES string of the molecule is COc1cccc(C=c2sc3nc4cc(C)c(C)cc4n3c2=O)c1OCC(=O)O. The van der Waals surface area contributed by atoms with Crippen molar-refractivity contribution in [3.8, 4) is 11.5 Å². The smallest absolute Gasteiger partial charge is 0.341 e. The van der Waals surface area contributed by atoms with Crippen molar-refractivity contribution in [3.63, 3.8) is 0 Å². The summed E-state index contributed by atoms with van der Waals surface area (Å²) in [6.07, 6.45) is 1.67. The highest BCUT2D eigenvalue weighted by Crippen LogP contribution is 2.31. The second-order valence-electron chi connectivity index (χ2n) is 6.63. The summed E-state index contributed by atoms with van der Waals surface area (Å²) >= 11 is 1.27. The van der Waals surface area contributed by atoms with E-state index in [1.165, 1.54) is 18.4 Å². The van der Waals surface area contributed by atoms with E-state index in [1.54, 1.807) is 28.7 Å². The van der Waals surface area contributed by atoms with Gasteiger partial charge < -0.3 is 14.6 Å². The first kappa shape index (κ1) is 18.9. The van der Waals surface area contributed by atoms with E-state index >= 15 is 0 Å². The highest BCUT2D eigenvalue weighted by Gasteiger charge is 2.15. The third kappa shape index (κ3) is 3.31. The van der Waals surface area contributed by atoms with Gasteiger partial charge in [-0.1, -0.05) is 23.5 Å². The highest BCUT2D eigenvalue weighted by molar-refractivity contribution is 7.15. The predicted octanol–water partition coefficient (Wildman–Crippen LogP) is 2.55. The maximum atomic E-state index is 13.1. The molecule has 0 bridgehead atoms. The van der Waals surface area contributed by atoms with E-state index in [0.717, 1.165) is 22.2 Å². The molecule has 4 aromatic rings. The molecule has 0 saturated heterocycles. The number of imidazole rings is 1. The molecule has 8 heteroatoms. The summed E-state index contributed by atoms with van der Waals surface area (Å²) in [5, 5.41) is 8.94. The van der Waals surface area contributed by atoms with Crippen molar-refractivity contribution >= 4 is 39.4 Å². The van der Waals surface area contributed by atoms with E-state index in [9.17, 15) is 9.59 Å². The number of thiazole rings is 1. The first-order valence-electron chi connectivity index (χ1n) is 8.84. The average molecular weight is 410 g/mol. The number of aryl methyl sites for hydroxylation is 2. The molecule has 0 fully saturated rings. The third-order valence-electron chi connectivity index (χ3n) is 4.71. The molecule has 0 aliphatic heterocycles. The zero-order chi connectivity index (χ0) is 20.7. The number of carboxylic acid groups (broad SMARTS) is 1. The molecule has 0 spiro atoms. The van der Waals surface area contributed by atoms with Crippen molar-refractivity contribution in [1.29, 1.82) is 0 Å². The van der Waals surface area contributed by atoms with Gasteiger partial charge in [0.15, 0.2) is 23.1 Å². The van der Waals surface area contributed by atoms with Crippen LogP contribution < -0.4 is 19.6 Å². The summed E-state index contributed by atoms with van der Waals surface area (Å²) in [5.41, 5.74) is 4.16. The van der Waals surface area contributed by atoms with Crippen LogP contribution >= 0.6 is 11.3 Å². The molecule has 0 saturated carbocycles. The lowest BCUT2D eigenvalue weighted by Crippen LogP contribution is -2.23. The molecule has 2 aromatic carbocycles. The molecule has 7 nitrogen and oxygen atoms in total. The summed E-state index contributed by atoms with van der Waals surface area (Å²) in [6, 6.07) is 9.12. The van der Waals surface area contributed by atoms with Gasteiger partial charge in [0.05, 0.1) is 22.7 Å². The van der Waals surface area contributed by atoms with Crippen molar-refractivity contribution in [2.24, 2.45) is 0 Å². The molecule has 2 heterocycles. The van der Waals surface area contributed by atoms with E-state index in [-0.39, 0.29) is 11.3 Å².